The number of aryl methyl sites for hydroxylation is 3. The molecule has 0 spiro atoms. The van der Waals surface area contributed by atoms with Gasteiger partial charge in [0.1, 0.15) is 12.4 Å². The van der Waals surface area contributed by atoms with Crippen LogP contribution in [0.4, 0.5) is 8.78 Å². The Balaban J connectivity index is 1.82. The highest BCUT2D eigenvalue weighted by molar-refractivity contribution is 5.69. The molecule has 0 aromatic heterocycles. The Bertz CT molecular complexity index is 966. The van der Waals surface area contributed by atoms with Crippen molar-refractivity contribution in [2.75, 3.05) is 19.8 Å². The van der Waals surface area contributed by atoms with Gasteiger partial charge < -0.3 is 14.6 Å². The third-order valence-corrected chi connectivity index (χ3v) is 5.39. The Morgan fingerprint density at radius 2 is 1.83 bits per heavy atom. The van der Waals surface area contributed by atoms with E-state index in [4.69, 9.17) is 14.6 Å². The standard InChI is InChI=1S/C24H26F2O4/c1-15-3-4-18(13-21(15)25)20-8-10-29-9-7-19(20)14-30-23-11-16(2)17(12-22(23)26)5-6-24(27)28/h3-4,11-13H,5-10,14H2,1-2H3,(H,27,28). The Morgan fingerprint density at radius 1 is 1.07 bits per heavy atom. The topological polar surface area (TPSA) is 55.8 Å². The first-order valence-electron chi connectivity index (χ1n) is 10.0. The van der Waals surface area contributed by atoms with E-state index in [2.05, 4.69) is 0 Å². The molecular weight excluding hydrogens is 390 g/mol. The third-order valence-electron chi connectivity index (χ3n) is 5.39. The lowest BCUT2D eigenvalue weighted by atomic mass is 9.95. The van der Waals surface area contributed by atoms with Crippen LogP contribution in [0, 0.1) is 25.5 Å². The zero-order chi connectivity index (χ0) is 21.7. The van der Waals surface area contributed by atoms with Gasteiger partial charge in [0.15, 0.2) is 11.6 Å². The van der Waals surface area contributed by atoms with Crippen molar-refractivity contribution in [3.63, 3.8) is 0 Å². The van der Waals surface area contributed by atoms with Crippen LogP contribution in [-0.4, -0.2) is 30.9 Å². The van der Waals surface area contributed by atoms with Crippen LogP contribution in [0.2, 0.25) is 0 Å². The quantitative estimate of drug-likeness (QED) is 0.671. The average Bonchev–Trinajstić information content (AvgIpc) is 2.94. The highest BCUT2D eigenvalue weighted by atomic mass is 19.1. The molecule has 0 fully saturated rings. The SMILES string of the molecule is Cc1ccc(C2=C(COc3cc(C)c(CCC(=O)O)cc3F)CCOCC2)cc1F. The third kappa shape index (κ3) is 5.45. The van der Waals surface area contributed by atoms with Crippen molar-refractivity contribution >= 4 is 11.5 Å². The number of hydrogen-bond donors (Lipinski definition) is 1. The molecule has 1 heterocycles. The summed E-state index contributed by atoms with van der Waals surface area (Å²) in [6, 6.07) is 8.11. The van der Waals surface area contributed by atoms with Crippen molar-refractivity contribution in [1.82, 2.24) is 0 Å². The zero-order valence-electron chi connectivity index (χ0n) is 17.3. The van der Waals surface area contributed by atoms with Crippen LogP contribution in [0.1, 0.15) is 41.5 Å². The van der Waals surface area contributed by atoms with Gasteiger partial charge in [-0.25, -0.2) is 8.78 Å². The lowest BCUT2D eigenvalue weighted by Crippen LogP contribution is -2.07. The van der Waals surface area contributed by atoms with E-state index in [1.807, 2.05) is 13.0 Å². The molecule has 0 bridgehead atoms. The maximum Gasteiger partial charge on any atom is 0.303 e. The fraction of sp³-hybridized carbons (Fsp3) is 0.375. The number of aliphatic carboxylic acids is 1. The lowest BCUT2D eigenvalue weighted by molar-refractivity contribution is -0.136. The molecule has 2 aromatic carbocycles. The van der Waals surface area contributed by atoms with Crippen molar-refractivity contribution in [3.8, 4) is 5.75 Å². The van der Waals surface area contributed by atoms with Crippen molar-refractivity contribution in [3.05, 3.63) is 69.8 Å². The van der Waals surface area contributed by atoms with Crippen molar-refractivity contribution < 1.29 is 28.2 Å². The second kappa shape index (κ2) is 9.85. The summed E-state index contributed by atoms with van der Waals surface area (Å²) >= 11 is 0. The molecule has 0 unspecified atom stereocenters. The Hall–Kier alpha value is -2.73. The summed E-state index contributed by atoms with van der Waals surface area (Å²) in [5, 5.41) is 8.83. The van der Waals surface area contributed by atoms with E-state index in [1.165, 1.54) is 12.1 Å². The molecule has 0 aliphatic carbocycles. The minimum atomic E-state index is -0.919. The predicted molar refractivity (Wildman–Crippen MR) is 111 cm³/mol. The molecule has 6 heteroatoms. The number of carboxylic acid groups (broad SMARTS) is 1. The molecule has 2 aromatic rings. The summed E-state index contributed by atoms with van der Waals surface area (Å²) in [5.74, 6) is -1.57. The van der Waals surface area contributed by atoms with Gasteiger partial charge in [0, 0.05) is 6.42 Å². The Kier molecular flexibility index (Phi) is 7.21. The average molecular weight is 416 g/mol. The van der Waals surface area contributed by atoms with E-state index in [0.717, 1.165) is 22.3 Å². The van der Waals surface area contributed by atoms with Gasteiger partial charge in [0.25, 0.3) is 0 Å². The van der Waals surface area contributed by atoms with Crippen molar-refractivity contribution in [2.45, 2.75) is 39.5 Å². The number of carbonyl (C=O) groups is 1. The van der Waals surface area contributed by atoms with Gasteiger partial charge in [-0.3, -0.25) is 4.79 Å². The second-order valence-electron chi connectivity index (χ2n) is 7.55. The first-order valence-corrected chi connectivity index (χ1v) is 10.0. The van der Waals surface area contributed by atoms with Gasteiger partial charge in [-0.05, 0) is 84.7 Å². The van der Waals surface area contributed by atoms with Gasteiger partial charge in [-0.2, -0.15) is 0 Å². The minimum absolute atomic E-state index is 0.0517. The van der Waals surface area contributed by atoms with Gasteiger partial charge >= 0.3 is 5.97 Å². The van der Waals surface area contributed by atoms with E-state index in [1.54, 1.807) is 19.1 Å². The maximum absolute atomic E-state index is 14.5. The second-order valence-corrected chi connectivity index (χ2v) is 7.55. The van der Waals surface area contributed by atoms with Gasteiger partial charge in [0.05, 0.1) is 13.2 Å². The largest absolute Gasteiger partial charge is 0.486 e. The summed E-state index contributed by atoms with van der Waals surface area (Å²) in [6.07, 6.45) is 1.48. The first kappa shape index (κ1) is 22.0. The van der Waals surface area contributed by atoms with Crippen LogP contribution in [-0.2, 0) is 16.0 Å². The summed E-state index contributed by atoms with van der Waals surface area (Å²) in [7, 11) is 0. The molecule has 1 aliphatic rings. The number of ether oxygens (including phenoxy) is 2. The highest BCUT2D eigenvalue weighted by Crippen LogP contribution is 2.30. The molecule has 160 valence electrons. The predicted octanol–water partition coefficient (Wildman–Crippen LogP) is 5.24. The summed E-state index contributed by atoms with van der Waals surface area (Å²) in [6.45, 7) is 4.78. The van der Waals surface area contributed by atoms with E-state index < -0.39 is 11.8 Å². The monoisotopic (exact) mass is 416 g/mol. The van der Waals surface area contributed by atoms with Gasteiger partial charge in [0.2, 0.25) is 0 Å². The first-order chi connectivity index (χ1) is 14.3. The maximum atomic E-state index is 14.5. The van der Waals surface area contributed by atoms with Gasteiger partial charge in [-0.1, -0.05) is 12.1 Å². The van der Waals surface area contributed by atoms with Crippen LogP contribution in [0.15, 0.2) is 35.9 Å². The fourth-order valence-electron chi connectivity index (χ4n) is 3.57. The molecule has 1 N–H and O–H groups in total. The van der Waals surface area contributed by atoms with E-state index in [9.17, 15) is 13.6 Å². The van der Waals surface area contributed by atoms with Gasteiger partial charge in [-0.15, -0.1) is 0 Å². The molecule has 3 rings (SSSR count). The number of carboxylic acids is 1. The summed E-state index contributed by atoms with van der Waals surface area (Å²) in [4.78, 5) is 10.8. The normalized spacial score (nSPS) is 14.5. The van der Waals surface area contributed by atoms with Crippen molar-refractivity contribution in [1.29, 1.82) is 0 Å². The van der Waals surface area contributed by atoms with E-state index in [-0.39, 0.29) is 31.0 Å². The minimum Gasteiger partial charge on any atom is -0.486 e. The van der Waals surface area contributed by atoms with E-state index in [0.29, 0.717) is 37.2 Å². The van der Waals surface area contributed by atoms with Crippen LogP contribution >= 0.6 is 0 Å². The van der Waals surface area contributed by atoms with Crippen molar-refractivity contribution in [2.24, 2.45) is 0 Å². The van der Waals surface area contributed by atoms with Crippen LogP contribution < -0.4 is 4.74 Å². The Labute approximate surface area is 175 Å². The number of benzene rings is 2. The molecule has 0 saturated carbocycles. The van der Waals surface area contributed by atoms with Crippen LogP contribution in [0.25, 0.3) is 5.57 Å². The van der Waals surface area contributed by atoms with Crippen LogP contribution in [0.5, 0.6) is 5.75 Å². The molecule has 0 saturated heterocycles. The lowest BCUT2D eigenvalue weighted by Gasteiger charge is -2.16. The number of hydrogen-bond acceptors (Lipinski definition) is 3. The smallest absolute Gasteiger partial charge is 0.303 e. The molecule has 4 nitrogen and oxygen atoms in total. The fourth-order valence-corrected chi connectivity index (χ4v) is 3.57. The molecule has 0 radical (unpaired) electrons. The molecule has 1 aliphatic heterocycles. The Morgan fingerprint density at radius 3 is 2.57 bits per heavy atom. The summed E-state index contributed by atoms with van der Waals surface area (Å²) < 4.78 is 40.0. The number of rotatable bonds is 7. The van der Waals surface area contributed by atoms with E-state index >= 15 is 0 Å². The zero-order valence-corrected chi connectivity index (χ0v) is 17.3. The summed E-state index contributed by atoms with van der Waals surface area (Å²) in [5.41, 5.74) is 4.75. The number of halogens is 2. The molecule has 0 amide bonds. The molecule has 0 atom stereocenters. The molecular formula is C24H26F2O4. The highest BCUT2D eigenvalue weighted by Gasteiger charge is 2.17. The molecule has 30 heavy (non-hydrogen) atoms. The van der Waals surface area contributed by atoms with Crippen LogP contribution in [0.3, 0.4) is 0 Å².